The summed E-state index contributed by atoms with van der Waals surface area (Å²) in [6.45, 7) is 4.46. The molecule has 0 aromatic heterocycles. The Morgan fingerprint density at radius 3 is 1.94 bits per heavy atom. The van der Waals surface area contributed by atoms with Crippen molar-refractivity contribution in [2.75, 3.05) is 5.33 Å². The molecule has 0 saturated carbocycles. The van der Waals surface area contributed by atoms with Crippen molar-refractivity contribution >= 4 is 15.9 Å². The Morgan fingerprint density at radius 1 is 0.778 bits per heavy atom. The summed E-state index contributed by atoms with van der Waals surface area (Å²) in [5, 5.41) is 1.18. The fraction of sp³-hybridized carbons (Fsp3) is 0.647. The van der Waals surface area contributed by atoms with Crippen molar-refractivity contribution in [3.8, 4) is 0 Å². The van der Waals surface area contributed by atoms with Crippen LogP contribution in [-0.2, 0) is 6.42 Å². The molecule has 0 saturated heterocycles. The van der Waals surface area contributed by atoms with E-state index in [9.17, 15) is 0 Å². The lowest BCUT2D eigenvalue weighted by Crippen LogP contribution is -1.78. The highest BCUT2D eigenvalue weighted by Gasteiger charge is 1.86. The Kier molecular flexibility index (Phi) is 14.5. The predicted octanol–water partition coefficient (Wildman–Crippen LogP) is 6.38. The van der Waals surface area contributed by atoms with Gasteiger partial charge >= 0.3 is 0 Å². The van der Waals surface area contributed by atoms with Crippen LogP contribution < -0.4 is 0 Å². The van der Waals surface area contributed by atoms with Crippen molar-refractivity contribution in [3.63, 3.8) is 0 Å². The Balaban J connectivity index is 0.000000321. The van der Waals surface area contributed by atoms with Crippen molar-refractivity contribution in [3.05, 3.63) is 35.9 Å². The number of hydrogen-bond acceptors (Lipinski definition) is 0. The van der Waals surface area contributed by atoms with Crippen molar-refractivity contribution in [2.45, 2.75) is 65.2 Å². The topological polar surface area (TPSA) is 0 Å². The quantitative estimate of drug-likeness (QED) is 0.386. The minimum Gasteiger partial charge on any atom is -0.0928 e. The average Bonchev–Trinajstić information content (AvgIpc) is 2.41. The van der Waals surface area contributed by atoms with E-state index in [1.807, 2.05) is 0 Å². The molecule has 0 unspecified atom stereocenters. The monoisotopic (exact) mass is 312 g/mol. The van der Waals surface area contributed by atoms with Crippen LogP contribution in [0.2, 0.25) is 0 Å². The summed E-state index contributed by atoms with van der Waals surface area (Å²) in [7, 11) is 0. The molecule has 0 bridgehead atoms. The first-order valence-corrected chi connectivity index (χ1v) is 8.57. The zero-order valence-electron chi connectivity index (χ0n) is 12.1. The number of halogens is 1. The molecule has 0 N–H and O–H groups in total. The minimum atomic E-state index is 1.18. The Hall–Kier alpha value is -0.300. The van der Waals surface area contributed by atoms with Crippen LogP contribution in [0.15, 0.2) is 30.3 Å². The predicted molar refractivity (Wildman–Crippen MR) is 87.6 cm³/mol. The first-order chi connectivity index (χ1) is 8.85. The number of rotatable bonds is 8. The van der Waals surface area contributed by atoms with Gasteiger partial charge in [-0.15, -0.1) is 0 Å². The van der Waals surface area contributed by atoms with Gasteiger partial charge in [0.1, 0.15) is 0 Å². The van der Waals surface area contributed by atoms with Crippen LogP contribution >= 0.6 is 15.9 Å². The van der Waals surface area contributed by atoms with Gasteiger partial charge in [0.25, 0.3) is 0 Å². The molecule has 0 spiro atoms. The van der Waals surface area contributed by atoms with Gasteiger partial charge in [0, 0.05) is 5.33 Å². The number of unbranched alkanes of at least 4 members (excludes halogenated alkanes) is 5. The largest absolute Gasteiger partial charge is 0.0928 e. The van der Waals surface area contributed by atoms with Crippen LogP contribution in [0.3, 0.4) is 0 Å². The van der Waals surface area contributed by atoms with E-state index in [-0.39, 0.29) is 0 Å². The third-order valence-electron chi connectivity index (χ3n) is 2.87. The van der Waals surface area contributed by atoms with Gasteiger partial charge in [-0.05, 0) is 18.4 Å². The maximum absolute atomic E-state index is 3.42. The second-order valence-electron chi connectivity index (χ2n) is 4.69. The zero-order chi connectivity index (χ0) is 13.5. The van der Waals surface area contributed by atoms with E-state index >= 15 is 0 Å². The van der Waals surface area contributed by atoms with Gasteiger partial charge < -0.3 is 0 Å². The molecule has 0 nitrogen and oxygen atoms in total. The van der Waals surface area contributed by atoms with Gasteiger partial charge in [-0.25, -0.2) is 0 Å². The van der Waals surface area contributed by atoms with E-state index in [1.54, 1.807) is 0 Å². The molecular formula is C17H29Br. The van der Waals surface area contributed by atoms with Gasteiger partial charge in [-0.2, -0.15) is 0 Å². The first-order valence-electron chi connectivity index (χ1n) is 7.45. The van der Waals surface area contributed by atoms with E-state index in [0.29, 0.717) is 0 Å². The van der Waals surface area contributed by atoms with Gasteiger partial charge in [0.15, 0.2) is 0 Å². The molecule has 18 heavy (non-hydrogen) atoms. The highest BCUT2D eigenvalue weighted by atomic mass is 79.9. The summed E-state index contributed by atoms with van der Waals surface area (Å²) in [4.78, 5) is 0. The normalized spacial score (nSPS) is 9.72. The van der Waals surface area contributed by atoms with E-state index in [1.165, 1.54) is 62.3 Å². The molecule has 1 aromatic carbocycles. The second kappa shape index (κ2) is 14.8. The maximum atomic E-state index is 3.42. The highest BCUT2D eigenvalue weighted by molar-refractivity contribution is 9.09. The van der Waals surface area contributed by atoms with Crippen LogP contribution in [-0.4, -0.2) is 5.33 Å². The first kappa shape index (κ1) is 17.7. The van der Waals surface area contributed by atoms with Crippen LogP contribution in [0.4, 0.5) is 0 Å². The Morgan fingerprint density at radius 2 is 1.39 bits per heavy atom. The number of benzene rings is 1. The fourth-order valence-corrected chi connectivity index (χ4v) is 2.20. The standard InChI is InChI=1S/C9H12.C8H17Br/c1-2-6-9-7-4-3-5-8-9;1-2-3-4-5-6-7-8-9/h3-5,7-8H,2,6H2,1H3;2-8H2,1H3. The third kappa shape index (κ3) is 12.2. The lowest BCUT2D eigenvalue weighted by atomic mass is 10.1. The van der Waals surface area contributed by atoms with Gasteiger partial charge in [0.2, 0.25) is 0 Å². The molecule has 0 aliphatic heterocycles. The second-order valence-corrected chi connectivity index (χ2v) is 5.49. The average molecular weight is 313 g/mol. The molecule has 0 atom stereocenters. The summed E-state index contributed by atoms with van der Waals surface area (Å²) in [5.41, 5.74) is 1.44. The number of aryl methyl sites for hydroxylation is 1. The summed E-state index contributed by atoms with van der Waals surface area (Å²) in [5.74, 6) is 0. The number of alkyl halides is 1. The Bertz CT molecular complexity index is 237. The van der Waals surface area contributed by atoms with Crippen molar-refractivity contribution in [1.82, 2.24) is 0 Å². The third-order valence-corrected chi connectivity index (χ3v) is 3.43. The zero-order valence-corrected chi connectivity index (χ0v) is 13.7. The van der Waals surface area contributed by atoms with Crippen molar-refractivity contribution in [2.24, 2.45) is 0 Å². The van der Waals surface area contributed by atoms with E-state index in [4.69, 9.17) is 0 Å². The summed E-state index contributed by atoms with van der Waals surface area (Å²) < 4.78 is 0. The SMILES string of the molecule is CCCCCCCCBr.CCCc1ccccc1. The molecular weight excluding hydrogens is 284 g/mol. The minimum absolute atomic E-state index is 1.18. The molecule has 0 fully saturated rings. The molecule has 0 heterocycles. The molecule has 1 heteroatoms. The molecule has 104 valence electrons. The summed E-state index contributed by atoms with van der Waals surface area (Å²) in [6.07, 6.45) is 10.8. The van der Waals surface area contributed by atoms with Crippen LogP contribution in [0.25, 0.3) is 0 Å². The molecule has 1 rings (SSSR count). The van der Waals surface area contributed by atoms with Crippen LogP contribution in [0.1, 0.15) is 64.4 Å². The van der Waals surface area contributed by atoms with Gasteiger partial charge in [0.05, 0.1) is 0 Å². The fourth-order valence-electron chi connectivity index (χ4n) is 1.81. The van der Waals surface area contributed by atoms with Gasteiger partial charge in [-0.3, -0.25) is 0 Å². The van der Waals surface area contributed by atoms with E-state index in [0.717, 1.165) is 0 Å². The summed E-state index contributed by atoms with van der Waals surface area (Å²) in [6, 6.07) is 10.6. The van der Waals surface area contributed by atoms with Crippen LogP contribution in [0, 0.1) is 0 Å². The molecule has 0 amide bonds. The molecule has 0 aliphatic rings. The molecule has 0 aliphatic carbocycles. The lowest BCUT2D eigenvalue weighted by Gasteiger charge is -1.95. The van der Waals surface area contributed by atoms with Crippen molar-refractivity contribution < 1.29 is 0 Å². The van der Waals surface area contributed by atoms with Crippen LogP contribution in [0.5, 0.6) is 0 Å². The van der Waals surface area contributed by atoms with Gasteiger partial charge in [-0.1, -0.05) is 98.6 Å². The Labute approximate surface area is 122 Å². The smallest absolute Gasteiger partial charge is 0.00313 e. The summed E-state index contributed by atoms with van der Waals surface area (Å²) >= 11 is 3.42. The molecule has 1 aromatic rings. The molecule has 0 radical (unpaired) electrons. The van der Waals surface area contributed by atoms with E-state index in [2.05, 4.69) is 60.1 Å². The highest BCUT2D eigenvalue weighted by Crippen LogP contribution is 2.05. The maximum Gasteiger partial charge on any atom is 0.00313 e. The van der Waals surface area contributed by atoms with Crippen molar-refractivity contribution in [1.29, 1.82) is 0 Å². The van der Waals surface area contributed by atoms with E-state index < -0.39 is 0 Å². The lowest BCUT2D eigenvalue weighted by molar-refractivity contribution is 0.628. The number of hydrogen-bond donors (Lipinski definition) is 0.